The maximum Gasteiger partial charge on any atom is 0.407 e. The van der Waals surface area contributed by atoms with Crippen molar-refractivity contribution in [2.24, 2.45) is 5.92 Å². The van der Waals surface area contributed by atoms with Crippen molar-refractivity contribution in [3.63, 3.8) is 0 Å². The molecule has 1 saturated carbocycles. The van der Waals surface area contributed by atoms with Gasteiger partial charge in [0, 0.05) is 43.5 Å². The molecule has 1 aliphatic carbocycles. The lowest BCUT2D eigenvalue weighted by Gasteiger charge is -2.33. The predicted octanol–water partition coefficient (Wildman–Crippen LogP) is 7.22. The average molecular weight is 612 g/mol. The molecule has 0 aromatic heterocycles. The van der Waals surface area contributed by atoms with Crippen LogP contribution in [0.25, 0.3) is 17.2 Å². The van der Waals surface area contributed by atoms with Gasteiger partial charge in [-0.05, 0) is 99.0 Å². The maximum absolute atomic E-state index is 14.1. The molecule has 4 rings (SSSR count). The second-order valence-corrected chi connectivity index (χ2v) is 12.7. The van der Waals surface area contributed by atoms with Gasteiger partial charge in [0.25, 0.3) is 0 Å². The van der Waals surface area contributed by atoms with Crippen molar-refractivity contribution in [2.75, 3.05) is 31.0 Å². The highest BCUT2D eigenvalue weighted by atomic mass is 16.6. The molecular weight excluding hydrogens is 566 g/mol. The fourth-order valence-corrected chi connectivity index (χ4v) is 5.44. The van der Waals surface area contributed by atoms with Crippen LogP contribution < -0.4 is 15.1 Å². The first kappa shape index (κ1) is 33.3. The van der Waals surface area contributed by atoms with E-state index in [2.05, 4.69) is 58.7 Å². The molecule has 0 radical (unpaired) electrons. The van der Waals surface area contributed by atoms with E-state index in [9.17, 15) is 14.4 Å². The zero-order valence-corrected chi connectivity index (χ0v) is 27.2. The normalized spacial score (nSPS) is 16.6. The molecule has 3 aromatic carbocycles. The molecular formula is C37H45N3O5. The van der Waals surface area contributed by atoms with E-state index in [1.807, 2.05) is 64.0 Å². The molecule has 1 N–H and O–H groups in total. The molecule has 1 aliphatic rings. The number of anilines is 2. The largest absolute Gasteiger partial charge is 0.466 e. The number of nitrogens with zero attached hydrogens (tertiary/aromatic N) is 2. The van der Waals surface area contributed by atoms with Gasteiger partial charge in [-0.2, -0.15) is 0 Å². The standard InChI is InChI=1S/C37H45N3O5/c1-37(2,3)45-36(43)38-31-19-15-30(16-20-31)35(42)40(33-9-7-8-26(24-33)12-23-34(41)44-6)25-27-10-13-28(14-11-27)29-17-21-32(22-18-29)39(4)5/h7-14,17-18,21-24,30-31H,15-16,19-20,25H2,1-6H3,(H,38,43)/b23-12+/t30-,31+. The SMILES string of the molecule is COC(=O)/C=C/c1cccc(N(Cc2ccc(-c3ccc(N(C)C)cc3)cc2)C(=O)[C@H]2CC[C@@H](NC(=O)OC(C)(C)C)CC2)c1. The number of esters is 1. The van der Waals surface area contributed by atoms with Crippen molar-refractivity contribution in [3.8, 4) is 11.1 Å². The molecule has 0 aliphatic heterocycles. The molecule has 0 spiro atoms. The maximum atomic E-state index is 14.1. The Morgan fingerprint density at radius 3 is 2.07 bits per heavy atom. The highest BCUT2D eigenvalue weighted by Gasteiger charge is 2.31. The Morgan fingerprint density at radius 2 is 1.49 bits per heavy atom. The first-order valence-corrected chi connectivity index (χ1v) is 15.5. The number of rotatable bonds is 9. The molecule has 0 saturated heterocycles. The van der Waals surface area contributed by atoms with E-state index < -0.39 is 17.7 Å². The first-order chi connectivity index (χ1) is 21.4. The van der Waals surface area contributed by atoms with Crippen LogP contribution in [0, 0.1) is 5.92 Å². The van der Waals surface area contributed by atoms with Gasteiger partial charge in [-0.15, -0.1) is 0 Å². The summed E-state index contributed by atoms with van der Waals surface area (Å²) in [4.78, 5) is 42.0. The summed E-state index contributed by atoms with van der Waals surface area (Å²) in [5.41, 5.74) is 5.36. The Labute approximate surface area is 267 Å². The van der Waals surface area contributed by atoms with Crippen LogP contribution in [0.5, 0.6) is 0 Å². The molecule has 0 unspecified atom stereocenters. The van der Waals surface area contributed by atoms with Crippen molar-refractivity contribution in [1.82, 2.24) is 5.32 Å². The number of amides is 2. The van der Waals surface area contributed by atoms with Crippen LogP contribution in [0.15, 0.2) is 78.9 Å². The monoisotopic (exact) mass is 611 g/mol. The van der Waals surface area contributed by atoms with Gasteiger partial charge in [0.2, 0.25) is 5.91 Å². The summed E-state index contributed by atoms with van der Waals surface area (Å²) < 4.78 is 10.2. The second-order valence-electron chi connectivity index (χ2n) is 12.7. The molecule has 0 bridgehead atoms. The minimum Gasteiger partial charge on any atom is -0.466 e. The number of benzene rings is 3. The van der Waals surface area contributed by atoms with Gasteiger partial charge in [0.1, 0.15) is 5.60 Å². The number of nitrogens with one attached hydrogen (secondary N) is 1. The minimum atomic E-state index is -0.562. The van der Waals surface area contributed by atoms with E-state index in [1.54, 1.807) is 6.08 Å². The number of ether oxygens (including phenoxy) is 2. The predicted molar refractivity (Wildman–Crippen MR) is 180 cm³/mol. The van der Waals surface area contributed by atoms with Crippen LogP contribution in [0.1, 0.15) is 57.6 Å². The highest BCUT2D eigenvalue weighted by Crippen LogP contribution is 2.31. The van der Waals surface area contributed by atoms with Gasteiger partial charge < -0.3 is 24.6 Å². The summed E-state index contributed by atoms with van der Waals surface area (Å²) in [6, 6.07) is 24.3. The summed E-state index contributed by atoms with van der Waals surface area (Å²) in [5, 5.41) is 2.96. The van der Waals surface area contributed by atoms with Gasteiger partial charge >= 0.3 is 12.1 Å². The highest BCUT2D eigenvalue weighted by molar-refractivity contribution is 5.95. The Kier molecular flexibility index (Phi) is 11.0. The minimum absolute atomic E-state index is 0.0246. The third-order valence-electron chi connectivity index (χ3n) is 7.87. The van der Waals surface area contributed by atoms with Gasteiger partial charge in [-0.1, -0.05) is 48.5 Å². The van der Waals surface area contributed by atoms with Gasteiger partial charge in [0.05, 0.1) is 13.7 Å². The summed E-state index contributed by atoms with van der Waals surface area (Å²) in [6.07, 6.45) is 5.36. The van der Waals surface area contributed by atoms with Crippen LogP contribution in [0.3, 0.4) is 0 Å². The smallest absolute Gasteiger partial charge is 0.407 e. The van der Waals surface area contributed by atoms with E-state index in [0.29, 0.717) is 32.2 Å². The van der Waals surface area contributed by atoms with E-state index >= 15 is 0 Å². The van der Waals surface area contributed by atoms with Gasteiger partial charge in [-0.3, -0.25) is 4.79 Å². The number of methoxy groups -OCH3 is 1. The van der Waals surface area contributed by atoms with Crippen LogP contribution >= 0.6 is 0 Å². The Morgan fingerprint density at radius 1 is 0.867 bits per heavy atom. The van der Waals surface area contributed by atoms with E-state index in [1.165, 1.54) is 13.2 Å². The Balaban J connectivity index is 1.52. The quantitative estimate of drug-likeness (QED) is 0.203. The Bertz CT molecular complexity index is 1480. The lowest BCUT2D eigenvalue weighted by Crippen LogP contribution is -2.43. The van der Waals surface area contributed by atoms with Crippen LogP contribution in [0.4, 0.5) is 16.2 Å². The number of carbonyl (C=O) groups is 3. The molecule has 0 heterocycles. The average Bonchev–Trinajstić information content (AvgIpc) is 3.02. The fraction of sp³-hybridized carbons (Fsp3) is 0.378. The molecule has 3 aromatic rings. The van der Waals surface area contributed by atoms with Crippen LogP contribution in [-0.2, 0) is 25.6 Å². The van der Waals surface area contributed by atoms with Crippen molar-refractivity contribution in [1.29, 1.82) is 0 Å². The van der Waals surface area contributed by atoms with Crippen molar-refractivity contribution < 1.29 is 23.9 Å². The fourth-order valence-electron chi connectivity index (χ4n) is 5.44. The van der Waals surface area contributed by atoms with E-state index in [0.717, 1.165) is 33.6 Å². The lowest BCUT2D eigenvalue weighted by atomic mass is 9.85. The zero-order chi connectivity index (χ0) is 32.6. The molecule has 1 fully saturated rings. The van der Waals surface area contributed by atoms with Crippen LogP contribution in [0.2, 0.25) is 0 Å². The lowest BCUT2D eigenvalue weighted by molar-refractivity contribution is -0.134. The molecule has 45 heavy (non-hydrogen) atoms. The molecule has 2 amide bonds. The number of carbonyl (C=O) groups excluding carboxylic acids is 3. The summed E-state index contributed by atoms with van der Waals surface area (Å²) in [6.45, 7) is 5.92. The zero-order valence-electron chi connectivity index (χ0n) is 27.2. The van der Waals surface area contributed by atoms with Crippen molar-refractivity contribution >= 4 is 35.4 Å². The number of hydrogen-bond donors (Lipinski definition) is 1. The second kappa shape index (κ2) is 14.9. The topological polar surface area (TPSA) is 88.2 Å². The van der Waals surface area contributed by atoms with E-state index in [-0.39, 0.29) is 17.9 Å². The summed E-state index contributed by atoms with van der Waals surface area (Å²) >= 11 is 0. The molecule has 0 atom stereocenters. The first-order valence-electron chi connectivity index (χ1n) is 15.5. The van der Waals surface area contributed by atoms with Crippen molar-refractivity contribution in [3.05, 3.63) is 90.0 Å². The summed E-state index contributed by atoms with van der Waals surface area (Å²) in [7, 11) is 5.38. The molecule has 238 valence electrons. The van der Waals surface area contributed by atoms with E-state index in [4.69, 9.17) is 9.47 Å². The number of hydrogen-bond acceptors (Lipinski definition) is 6. The third-order valence-corrected chi connectivity index (χ3v) is 7.87. The Hall–Kier alpha value is -4.59. The molecule has 8 heteroatoms. The number of alkyl carbamates (subject to hydrolysis) is 1. The van der Waals surface area contributed by atoms with Crippen LogP contribution in [-0.4, -0.2) is 50.8 Å². The molecule has 8 nitrogen and oxygen atoms in total. The van der Waals surface area contributed by atoms with Crippen molar-refractivity contribution in [2.45, 2.75) is 64.6 Å². The van der Waals surface area contributed by atoms with Gasteiger partial charge in [0.15, 0.2) is 0 Å². The van der Waals surface area contributed by atoms with Gasteiger partial charge in [-0.25, -0.2) is 9.59 Å². The third kappa shape index (κ3) is 9.70. The summed E-state index contributed by atoms with van der Waals surface area (Å²) in [5.74, 6) is -0.574.